The highest BCUT2D eigenvalue weighted by molar-refractivity contribution is 6.18. The Balaban J connectivity index is 1.41. The Morgan fingerprint density at radius 1 is 1.11 bits per heavy atom. The second-order valence-electron chi connectivity index (χ2n) is 7.96. The largest absolute Gasteiger partial charge is 0.320 e. The van der Waals surface area contributed by atoms with Crippen LogP contribution in [0, 0.1) is 0 Å². The second kappa shape index (κ2) is 5.67. The van der Waals surface area contributed by atoms with E-state index < -0.39 is 0 Å². The molecule has 3 heterocycles. The number of benzene rings is 2. The quantitative estimate of drug-likeness (QED) is 0.695. The van der Waals surface area contributed by atoms with Crippen molar-refractivity contribution >= 4 is 28.5 Å². The van der Waals surface area contributed by atoms with Crippen molar-refractivity contribution in [3.8, 4) is 0 Å². The Labute approximate surface area is 163 Å². The summed E-state index contributed by atoms with van der Waals surface area (Å²) in [5, 5.41) is 2.43. The van der Waals surface area contributed by atoms with E-state index in [1.165, 1.54) is 17.2 Å². The standard InChI is InChI=1S/C22H21N5O/c1-25-21(28)19-20(27-18-8-4-7-17(18)24-22(25)27)23-13-26(19)12-14-9-10-15-5-2-3-6-16(15)11-14/h2-3,5-6,9-11,13,17-18H,4,7-8,12H2,1H3/t17-,18+/m1/s1. The average molecular weight is 371 g/mol. The molecule has 1 amide bonds. The van der Waals surface area contributed by atoms with Crippen LogP contribution >= 0.6 is 0 Å². The first kappa shape index (κ1) is 15.9. The van der Waals surface area contributed by atoms with Crippen LogP contribution in [0.25, 0.3) is 10.8 Å². The average Bonchev–Trinajstić information content (AvgIpc) is 3.40. The number of guanidine groups is 1. The van der Waals surface area contributed by atoms with E-state index in [-0.39, 0.29) is 5.91 Å². The van der Waals surface area contributed by atoms with Gasteiger partial charge in [0.1, 0.15) is 0 Å². The minimum Gasteiger partial charge on any atom is -0.320 e. The van der Waals surface area contributed by atoms with Gasteiger partial charge >= 0.3 is 0 Å². The van der Waals surface area contributed by atoms with Gasteiger partial charge in [-0.3, -0.25) is 14.6 Å². The van der Waals surface area contributed by atoms with E-state index in [1.54, 1.807) is 11.2 Å². The molecule has 1 aliphatic carbocycles. The number of hydrogen-bond donors (Lipinski definition) is 0. The number of fused-ring (bicyclic) bond motifs is 6. The van der Waals surface area contributed by atoms with Gasteiger partial charge in [-0.2, -0.15) is 0 Å². The summed E-state index contributed by atoms with van der Waals surface area (Å²) in [7, 11) is 1.82. The molecule has 28 heavy (non-hydrogen) atoms. The normalized spacial score (nSPS) is 23.0. The third-order valence-electron chi connectivity index (χ3n) is 6.29. The van der Waals surface area contributed by atoms with Gasteiger partial charge in [-0.15, -0.1) is 0 Å². The van der Waals surface area contributed by atoms with Gasteiger partial charge < -0.3 is 4.57 Å². The van der Waals surface area contributed by atoms with Crippen LogP contribution in [-0.2, 0) is 6.54 Å². The lowest BCUT2D eigenvalue weighted by Gasteiger charge is -2.34. The van der Waals surface area contributed by atoms with Crippen molar-refractivity contribution in [3.63, 3.8) is 0 Å². The van der Waals surface area contributed by atoms with E-state index >= 15 is 0 Å². The lowest BCUT2D eigenvalue weighted by atomic mass is 10.1. The highest BCUT2D eigenvalue weighted by Gasteiger charge is 2.48. The highest BCUT2D eigenvalue weighted by Crippen LogP contribution is 2.39. The molecule has 140 valence electrons. The van der Waals surface area contributed by atoms with Gasteiger partial charge in [0.05, 0.1) is 18.4 Å². The maximum atomic E-state index is 13.1. The molecule has 0 spiro atoms. The summed E-state index contributed by atoms with van der Waals surface area (Å²) in [5.41, 5.74) is 1.83. The number of rotatable bonds is 2. The van der Waals surface area contributed by atoms with Gasteiger partial charge in [0, 0.05) is 13.6 Å². The number of carbonyl (C=O) groups is 1. The number of nitrogens with zero attached hydrogens (tertiary/aromatic N) is 5. The summed E-state index contributed by atoms with van der Waals surface area (Å²) in [4.78, 5) is 26.5. The van der Waals surface area contributed by atoms with E-state index in [4.69, 9.17) is 4.99 Å². The summed E-state index contributed by atoms with van der Waals surface area (Å²) >= 11 is 0. The van der Waals surface area contributed by atoms with Gasteiger partial charge in [-0.05, 0) is 41.7 Å². The first-order valence-electron chi connectivity index (χ1n) is 9.88. The predicted molar refractivity (Wildman–Crippen MR) is 109 cm³/mol. The zero-order valence-corrected chi connectivity index (χ0v) is 15.7. The first-order valence-corrected chi connectivity index (χ1v) is 9.88. The van der Waals surface area contributed by atoms with E-state index in [0.29, 0.717) is 24.3 Å². The summed E-state index contributed by atoms with van der Waals surface area (Å²) < 4.78 is 1.98. The minimum absolute atomic E-state index is 0.0248. The Bertz CT molecular complexity index is 1150. The lowest BCUT2D eigenvalue weighted by Crippen LogP contribution is -2.51. The molecular weight excluding hydrogens is 350 g/mol. The number of aliphatic imine (C=N–C) groups is 1. The number of imidazole rings is 1. The molecule has 0 bridgehead atoms. The van der Waals surface area contributed by atoms with Gasteiger partial charge in [0.2, 0.25) is 5.96 Å². The smallest absolute Gasteiger partial charge is 0.280 e. The SMILES string of the molecule is CN1C(=O)c2c(ncn2Cc2ccc3ccccc3c2)N2C1=N[C@@H]1CCC[C@@H]12. The van der Waals surface area contributed by atoms with Crippen molar-refractivity contribution in [1.29, 1.82) is 0 Å². The van der Waals surface area contributed by atoms with Crippen LogP contribution in [-0.4, -0.2) is 45.4 Å². The molecule has 6 rings (SSSR count). The van der Waals surface area contributed by atoms with Crippen molar-refractivity contribution in [2.75, 3.05) is 11.9 Å². The molecule has 0 radical (unpaired) electrons. The fourth-order valence-electron chi connectivity index (χ4n) is 4.90. The first-order chi connectivity index (χ1) is 13.7. The van der Waals surface area contributed by atoms with E-state index in [9.17, 15) is 4.79 Å². The molecular formula is C22H21N5O. The zero-order valence-electron chi connectivity index (χ0n) is 15.7. The van der Waals surface area contributed by atoms with Gasteiger partial charge in [0.15, 0.2) is 11.5 Å². The van der Waals surface area contributed by atoms with Crippen LogP contribution in [0.1, 0.15) is 35.3 Å². The summed E-state index contributed by atoms with van der Waals surface area (Å²) in [6.45, 7) is 0.626. The highest BCUT2D eigenvalue weighted by atomic mass is 16.2. The topological polar surface area (TPSA) is 53.7 Å². The molecule has 2 aromatic carbocycles. The molecule has 6 nitrogen and oxygen atoms in total. The predicted octanol–water partition coefficient (Wildman–Crippen LogP) is 3.27. The van der Waals surface area contributed by atoms with Gasteiger partial charge in [-0.1, -0.05) is 36.4 Å². The van der Waals surface area contributed by atoms with E-state index in [1.807, 2.05) is 17.7 Å². The third kappa shape index (κ3) is 2.11. The number of hydrogen-bond acceptors (Lipinski definition) is 4. The Morgan fingerprint density at radius 2 is 1.96 bits per heavy atom. The van der Waals surface area contributed by atoms with Crippen LogP contribution in [0.15, 0.2) is 53.8 Å². The van der Waals surface area contributed by atoms with Crippen molar-refractivity contribution in [2.45, 2.75) is 37.9 Å². The van der Waals surface area contributed by atoms with Crippen molar-refractivity contribution in [2.24, 2.45) is 4.99 Å². The van der Waals surface area contributed by atoms with Crippen LogP contribution in [0.4, 0.5) is 5.82 Å². The molecule has 0 N–H and O–H groups in total. The van der Waals surface area contributed by atoms with Crippen molar-refractivity contribution in [3.05, 3.63) is 60.0 Å². The van der Waals surface area contributed by atoms with Crippen molar-refractivity contribution < 1.29 is 4.79 Å². The maximum Gasteiger partial charge on any atom is 0.280 e. The molecule has 6 heteroatoms. The molecule has 3 aromatic rings. The molecule has 0 unspecified atom stereocenters. The molecule has 2 aliphatic heterocycles. The fraction of sp³-hybridized carbons (Fsp3) is 0.318. The summed E-state index contributed by atoms with van der Waals surface area (Å²) in [5.74, 6) is 1.52. The fourth-order valence-corrected chi connectivity index (χ4v) is 4.90. The molecule has 1 aromatic heterocycles. The van der Waals surface area contributed by atoms with Crippen LogP contribution in [0.5, 0.6) is 0 Å². The summed E-state index contributed by atoms with van der Waals surface area (Å²) in [6.07, 6.45) is 5.20. The van der Waals surface area contributed by atoms with Crippen LogP contribution in [0.2, 0.25) is 0 Å². The van der Waals surface area contributed by atoms with Crippen LogP contribution in [0.3, 0.4) is 0 Å². The molecule has 0 saturated heterocycles. The number of amides is 1. The number of carbonyl (C=O) groups excluding carboxylic acids is 1. The molecule has 1 fully saturated rings. The Kier molecular flexibility index (Phi) is 3.21. The number of anilines is 1. The van der Waals surface area contributed by atoms with Crippen molar-refractivity contribution in [1.82, 2.24) is 14.5 Å². The lowest BCUT2D eigenvalue weighted by molar-refractivity contribution is 0.0855. The zero-order chi connectivity index (χ0) is 18.8. The maximum absolute atomic E-state index is 13.1. The monoisotopic (exact) mass is 371 g/mol. The molecule has 2 atom stereocenters. The van der Waals surface area contributed by atoms with E-state index in [2.05, 4.69) is 46.3 Å². The second-order valence-corrected chi connectivity index (χ2v) is 7.96. The van der Waals surface area contributed by atoms with E-state index in [0.717, 1.165) is 30.2 Å². The van der Waals surface area contributed by atoms with Gasteiger partial charge in [-0.25, -0.2) is 9.98 Å². The summed E-state index contributed by atoms with van der Waals surface area (Å²) in [6, 6.07) is 15.4. The third-order valence-corrected chi connectivity index (χ3v) is 6.29. The Hall–Kier alpha value is -3.15. The van der Waals surface area contributed by atoms with Gasteiger partial charge in [0.25, 0.3) is 5.91 Å². The molecule has 3 aliphatic rings. The molecule has 1 saturated carbocycles. The number of aromatic nitrogens is 2. The minimum atomic E-state index is -0.0248. The van der Waals surface area contributed by atoms with Crippen LogP contribution < -0.4 is 4.90 Å². The Morgan fingerprint density at radius 3 is 2.86 bits per heavy atom.